The predicted octanol–water partition coefficient (Wildman–Crippen LogP) is 6.02. The van der Waals surface area contributed by atoms with Crippen LogP contribution in [-0.4, -0.2) is 83.2 Å². The van der Waals surface area contributed by atoms with Gasteiger partial charge in [0.1, 0.15) is 28.8 Å². The van der Waals surface area contributed by atoms with Gasteiger partial charge in [-0.1, -0.05) is 57.0 Å². The minimum Gasteiger partial charge on any atom is -0.495 e. The Labute approximate surface area is 286 Å². The van der Waals surface area contributed by atoms with E-state index >= 15 is 0 Å². The number of hydrogen-bond acceptors (Lipinski definition) is 9. The highest BCUT2D eigenvalue weighted by Gasteiger charge is 2.29. The summed E-state index contributed by atoms with van der Waals surface area (Å²) in [5, 5.41) is 13.8. The lowest BCUT2D eigenvalue weighted by molar-refractivity contribution is -0.128. The van der Waals surface area contributed by atoms with E-state index in [4.69, 9.17) is 37.7 Å². The number of nitriles is 1. The van der Waals surface area contributed by atoms with E-state index in [2.05, 4.69) is 28.2 Å². The number of allylic oxidation sites excluding steroid dienone is 1. The van der Waals surface area contributed by atoms with E-state index in [9.17, 15) is 14.9 Å². The minimum atomic E-state index is -0.316. The Hall–Kier alpha value is -3.85. The molecule has 0 radical (unpaired) electrons. The third-order valence-electron chi connectivity index (χ3n) is 8.22. The van der Waals surface area contributed by atoms with E-state index in [1.165, 1.54) is 14.2 Å². The van der Waals surface area contributed by atoms with Gasteiger partial charge in [-0.25, -0.2) is 4.98 Å². The number of likely N-dealkylation sites (N-methyl/N-ethyl adjacent to an activating group) is 1. The number of ether oxygens (including phenoxy) is 2. The number of likely N-dealkylation sites (tertiary alicyclic amines) is 1. The zero-order valence-corrected chi connectivity index (χ0v) is 29.6. The zero-order chi connectivity index (χ0) is 34.5. The van der Waals surface area contributed by atoms with Crippen molar-refractivity contribution in [3.05, 3.63) is 50.4 Å². The zero-order valence-electron chi connectivity index (χ0n) is 28.1. The maximum Gasteiger partial charge on any atom is 0.264 e. The van der Waals surface area contributed by atoms with Crippen LogP contribution in [0.3, 0.4) is 0 Å². The molecule has 11 nitrogen and oxygen atoms in total. The van der Waals surface area contributed by atoms with Crippen LogP contribution in [0, 0.1) is 16.7 Å². The molecule has 0 aliphatic carbocycles. The van der Waals surface area contributed by atoms with Gasteiger partial charge in [0.15, 0.2) is 0 Å². The standard InChI is InChI=1S/C34H43Cl2N7O4/c1-8-38-33-39-20-21-16-24(27-28(35)25(46-6)17-26(47-7)29(27)36)32(45)43(30(21)40-33)15-14-41(9-2)23-10-12-42(13-11-23)31(44)22(19-37)18-34(3,4)5/h16-18,20,23H,8-15H2,1-7H3,(H,38,39,40). The van der Waals surface area contributed by atoms with Crippen LogP contribution in [0.5, 0.6) is 11.5 Å². The third kappa shape index (κ3) is 8.00. The molecule has 1 fully saturated rings. The second-order valence-corrected chi connectivity index (χ2v) is 13.2. The summed E-state index contributed by atoms with van der Waals surface area (Å²) in [6.45, 7) is 13.3. The molecule has 3 heterocycles. The van der Waals surface area contributed by atoms with Gasteiger partial charge < -0.3 is 19.7 Å². The van der Waals surface area contributed by atoms with Crippen molar-refractivity contribution in [1.29, 1.82) is 5.26 Å². The molecule has 13 heteroatoms. The molecule has 2 aromatic heterocycles. The van der Waals surface area contributed by atoms with Crippen LogP contribution in [-0.2, 0) is 11.3 Å². The predicted molar refractivity (Wildman–Crippen MR) is 187 cm³/mol. The maximum atomic E-state index is 14.3. The summed E-state index contributed by atoms with van der Waals surface area (Å²) in [5.74, 6) is 0.846. The Morgan fingerprint density at radius 1 is 1.15 bits per heavy atom. The van der Waals surface area contributed by atoms with Crippen LogP contribution in [0.25, 0.3) is 22.2 Å². The van der Waals surface area contributed by atoms with Gasteiger partial charge in [-0.15, -0.1) is 0 Å². The van der Waals surface area contributed by atoms with Crippen molar-refractivity contribution in [3.63, 3.8) is 0 Å². The van der Waals surface area contributed by atoms with Crippen LogP contribution >= 0.6 is 23.2 Å². The number of methoxy groups -OCH3 is 2. The second kappa shape index (κ2) is 15.4. The van der Waals surface area contributed by atoms with E-state index in [0.717, 1.165) is 19.4 Å². The lowest BCUT2D eigenvalue weighted by Gasteiger charge is -2.38. The van der Waals surface area contributed by atoms with Crippen molar-refractivity contribution in [2.45, 2.75) is 60.0 Å². The molecular formula is C34H43Cl2N7O4. The summed E-state index contributed by atoms with van der Waals surface area (Å²) in [6, 6.07) is 5.57. The van der Waals surface area contributed by atoms with Crippen molar-refractivity contribution in [3.8, 4) is 28.7 Å². The van der Waals surface area contributed by atoms with E-state index < -0.39 is 0 Å². The molecule has 1 aliphatic rings. The summed E-state index contributed by atoms with van der Waals surface area (Å²) < 4.78 is 12.6. The molecule has 0 spiro atoms. The van der Waals surface area contributed by atoms with Crippen molar-refractivity contribution in [2.75, 3.05) is 52.3 Å². The fourth-order valence-corrected chi connectivity index (χ4v) is 6.62. The van der Waals surface area contributed by atoms with Crippen LogP contribution in [0.2, 0.25) is 10.0 Å². The Morgan fingerprint density at radius 2 is 1.79 bits per heavy atom. The molecule has 1 N–H and O–H groups in total. The molecule has 47 heavy (non-hydrogen) atoms. The lowest BCUT2D eigenvalue weighted by Crippen LogP contribution is -2.48. The monoisotopic (exact) mass is 683 g/mol. The maximum absolute atomic E-state index is 14.3. The molecule has 1 amide bonds. The number of amides is 1. The Morgan fingerprint density at radius 3 is 2.32 bits per heavy atom. The van der Waals surface area contributed by atoms with Gasteiger partial charge in [0.2, 0.25) is 5.95 Å². The molecule has 252 valence electrons. The molecular weight excluding hydrogens is 641 g/mol. The summed E-state index contributed by atoms with van der Waals surface area (Å²) in [6.07, 6.45) is 4.92. The van der Waals surface area contributed by atoms with Crippen LogP contribution < -0.4 is 20.3 Å². The molecule has 0 saturated carbocycles. The number of nitrogens with one attached hydrogen (secondary N) is 1. The van der Waals surface area contributed by atoms with Crippen LogP contribution in [0.4, 0.5) is 5.95 Å². The number of piperidine rings is 1. The fourth-order valence-electron chi connectivity index (χ4n) is 5.92. The highest BCUT2D eigenvalue weighted by Crippen LogP contribution is 2.45. The topological polar surface area (TPSA) is 126 Å². The number of anilines is 1. The molecule has 0 atom stereocenters. The minimum absolute atomic E-state index is 0.183. The highest BCUT2D eigenvalue weighted by molar-refractivity contribution is 6.41. The number of rotatable bonds is 11. The molecule has 1 aromatic carbocycles. The van der Waals surface area contributed by atoms with Gasteiger partial charge in [0.05, 0.1) is 29.8 Å². The van der Waals surface area contributed by atoms with E-state index in [0.29, 0.717) is 66.8 Å². The fraction of sp³-hybridized carbons (Fsp3) is 0.500. The lowest BCUT2D eigenvalue weighted by atomic mass is 9.93. The summed E-state index contributed by atoms with van der Waals surface area (Å²) >= 11 is 13.5. The van der Waals surface area contributed by atoms with E-state index in [1.807, 2.05) is 27.7 Å². The van der Waals surface area contributed by atoms with Crippen molar-refractivity contribution < 1.29 is 14.3 Å². The number of fused-ring (bicyclic) bond motifs is 1. The number of nitrogens with zero attached hydrogens (tertiary/aromatic N) is 6. The van der Waals surface area contributed by atoms with Crippen molar-refractivity contribution in [2.24, 2.45) is 5.41 Å². The third-order valence-corrected chi connectivity index (χ3v) is 8.97. The largest absolute Gasteiger partial charge is 0.495 e. The van der Waals surface area contributed by atoms with Gasteiger partial charge >= 0.3 is 0 Å². The van der Waals surface area contributed by atoms with Gasteiger partial charge in [-0.05, 0) is 37.8 Å². The first-order valence-electron chi connectivity index (χ1n) is 15.8. The second-order valence-electron chi connectivity index (χ2n) is 12.5. The Bertz CT molecular complexity index is 1720. The van der Waals surface area contributed by atoms with E-state index in [-0.39, 0.29) is 44.1 Å². The number of carbonyl (C=O) groups excluding carboxylic acids is 1. The summed E-state index contributed by atoms with van der Waals surface area (Å²) in [7, 11) is 2.97. The van der Waals surface area contributed by atoms with Gasteiger partial charge in [-0.3, -0.25) is 19.1 Å². The molecule has 0 bridgehead atoms. The number of hydrogen-bond donors (Lipinski definition) is 1. The molecule has 0 unspecified atom stereocenters. The Balaban J connectivity index is 1.67. The first kappa shape index (κ1) is 36.0. The molecule has 3 aromatic rings. The van der Waals surface area contributed by atoms with Gasteiger partial charge in [0, 0.05) is 62.0 Å². The number of aromatic nitrogens is 3. The van der Waals surface area contributed by atoms with Gasteiger partial charge in [-0.2, -0.15) is 10.2 Å². The van der Waals surface area contributed by atoms with Crippen molar-refractivity contribution >= 4 is 46.1 Å². The van der Waals surface area contributed by atoms with Crippen LogP contribution in [0.15, 0.2) is 34.8 Å². The molecule has 1 saturated heterocycles. The summed E-state index contributed by atoms with van der Waals surface area (Å²) in [4.78, 5) is 40.7. The normalized spacial score (nSPS) is 14.4. The van der Waals surface area contributed by atoms with Gasteiger partial charge in [0.25, 0.3) is 11.5 Å². The number of carbonyl (C=O) groups is 1. The number of halogens is 2. The molecule has 4 rings (SSSR count). The van der Waals surface area contributed by atoms with Crippen LogP contribution in [0.1, 0.15) is 47.5 Å². The highest BCUT2D eigenvalue weighted by atomic mass is 35.5. The Kier molecular flexibility index (Phi) is 11.8. The average molecular weight is 685 g/mol. The smallest absolute Gasteiger partial charge is 0.264 e. The first-order chi connectivity index (χ1) is 22.4. The number of benzene rings is 1. The summed E-state index contributed by atoms with van der Waals surface area (Å²) in [5.41, 5.74) is 0.660. The number of pyridine rings is 1. The average Bonchev–Trinajstić information content (AvgIpc) is 3.05. The quantitative estimate of drug-likeness (QED) is 0.191. The SMILES string of the molecule is CCNc1ncc2cc(-c3c(Cl)c(OC)cc(OC)c3Cl)c(=O)n(CCN(CC)C3CCN(C(=O)C(C#N)=CC(C)(C)C)CC3)c2n1. The van der Waals surface area contributed by atoms with E-state index in [1.54, 1.807) is 33.9 Å². The molecule has 1 aliphatic heterocycles. The van der Waals surface area contributed by atoms with Crippen molar-refractivity contribution in [1.82, 2.24) is 24.3 Å². The first-order valence-corrected chi connectivity index (χ1v) is 16.5.